The van der Waals surface area contributed by atoms with E-state index in [-0.39, 0.29) is 5.28 Å². The van der Waals surface area contributed by atoms with Crippen molar-refractivity contribution in [3.05, 3.63) is 53.3 Å². The number of nitrogens with zero attached hydrogens (tertiary/aromatic N) is 4. The lowest BCUT2D eigenvalue weighted by molar-refractivity contribution is -0.137. The molecule has 0 radical (unpaired) electrons. The van der Waals surface area contributed by atoms with E-state index in [1.54, 1.807) is 30.1 Å². The molecule has 32 heavy (non-hydrogen) atoms. The average molecular weight is 465 g/mol. The van der Waals surface area contributed by atoms with Crippen molar-refractivity contribution in [3.8, 4) is 22.8 Å². The molecule has 7 nitrogen and oxygen atoms in total. The highest BCUT2D eigenvalue weighted by atomic mass is 35.5. The van der Waals surface area contributed by atoms with Crippen molar-refractivity contribution in [1.82, 2.24) is 15.1 Å². The summed E-state index contributed by atoms with van der Waals surface area (Å²) in [7, 11) is 4.71. The summed E-state index contributed by atoms with van der Waals surface area (Å²) in [4.78, 5) is 10.1. The zero-order valence-electron chi connectivity index (χ0n) is 17.1. The SMILES string of the molecule is COc1cc2nc(Cl)nc(N(C)c3cc(-c4ccc(C(F)(F)F)cc4)no3)c2cc1OC. The molecule has 2 aromatic heterocycles. The minimum atomic E-state index is -4.41. The van der Waals surface area contributed by atoms with E-state index >= 15 is 0 Å². The maximum Gasteiger partial charge on any atom is 0.416 e. The molecule has 0 aliphatic carbocycles. The Morgan fingerprint density at radius 3 is 2.25 bits per heavy atom. The van der Waals surface area contributed by atoms with Crippen LogP contribution in [-0.2, 0) is 6.18 Å². The Morgan fingerprint density at radius 2 is 1.62 bits per heavy atom. The number of aromatic nitrogens is 3. The van der Waals surface area contributed by atoms with Gasteiger partial charge in [-0.1, -0.05) is 17.3 Å². The third-order valence-corrected chi connectivity index (χ3v) is 4.98. The van der Waals surface area contributed by atoms with Crippen LogP contribution in [0.3, 0.4) is 0 Å². The Bertz CT molecular complexity index is 1280. The van der Waals surface area contributed by atoms with Crippen molar-refractivity contribution in [2.75, 3.05) is 26.2 Å². The fourth-order valence-electron chi connectivity index (χ4n) is 3.16. The highest BCUT2D eigenvalue weighted by Crippen LogP contribution is 2.38. The van der Waals surface area contributed by atoms with E-state index < -0.39 is 11.7 Å². The standard InChI is InChI=1S/C21H16ClF3N4O3/c1-29(18-10-14(28-32-18)11-4-6-12(7-5-11)21(23,24)25)19-13-8-16(30-2)17(31-3)9-15(13)26-20(22)27-19/h4-10H,1-3H3. The number of fused-ring (bicyclic) bond motifs is 1. The van der Waals surface area contributed by atoms with Gasteiger partial charge in [0, 0.05) is 30.1 Å². The van der Waals surface area contributed by atoms with E-state index in [1.807, 2.05) is 0 Å². The van der Waals surface area contributed by atoms with Crippen LogP contribution in [0.1, 0.15) is 5.56 Å². The van der Waals surface area contributed by atoms with E-state index in [9.17, 15) is 13.2 Å². The van der Waals surface area contributed by atoms with Gasteiger partial charge in [0.1, 0.15) is 11.5 Å². The number of alkyl halides is 3. The minimum Gasteiger partial charge on any atom is -0.493 e. The molecule has 0 atom stereocenters. The molecule has 0 unspecified atom stereocenters. The zero-order valence-corrected chi connectivity index (χ0v) is 17.8. The van der Waals surface area contributed by atoms with Crippen LogP contribution in [0.5, 0.6) is 11.5 Å². The van der Waals surface area contributed by atoms with Gasteiger partial charge in [0.15, 0.2) is 11.5 Å². The fraction of sp³-hybridized carbons (Fsp3) is 0.190. The number of methoxy groups -OCH3 is 2. The molecule has 4 aromatic rings. The van der Waals surface area contributed by atoms with Crippen molar-refractivity contribution >= 4 is 34.2 Å². The summed E-state index contributed by atoms with van der Waals surface area (Å²) in [5.41, 5.74) is 0.614. The second kappa shape index (κ2) is 8.19. The summed E-state index contributed by atoms with van der Waals surface area (Å²) in [5, 5.41) is 4.59. The number of rotatable bonds is 5. The van der Waals surface area contributed by atoms with Crippen molar-refractivity contribution in [3.63, 3.8) is 0 Å². The van der Waals surface area contributed by atoms with E-state index in [0.717, 1.165) is 12.1 Å². The first kappa shape index (κ1) is 21.7. The van der Waals surface area contributed by atoms with Crippen LogP contribution < -0.4 is 14.4 Å². The summed E-state index contributed by atoms with van der Waals surface area (Å²) in [6, 6.07) is 9.62. The first-order valence-corrected chi connectivity index (χ1v) is 9.56. The normalized spacial score (nSPS) is 11.6. The smallest absolute Gasteiger partial charge is 0.416 e. The summed E-state index contributed by atoms with van der Waals surface area (Å²) >= 11 is 6.12. The molecule has 2 aromatic carbocycles. The Balaban J connectivity index is 1.72. The van der Waals surface area contributed by atoms with Gasteiger partial charge in [-0.2, -0.15) is 18.2 Å². The van der Waals surface area contributed by atoms with E-state index in [1.165, 1.54) is 26.4 Å². The van der Waals surface area contributed by atoms with Crippen LogP contribution in [0, 0.1) is 0 Å². The molecule has 0 fully saturated rings. The Morgan fingerprint density at radius 1 is 0.969 bits per heavy atom. The fourth-order valence-corrected chi connectivity index (χ4v) is 3.33. The van der Waals surface area contributed by atoms with E-state index in [4.69, 9.17) is 25.6 Å². The number of ether oxygens (including phenoxy) is 2. The minimum absolute atomic E-state index is 0.00838. The maximum atomic E-state index is 12.8. The molecular weight excluding hydrogens is 449 g/mol. The molecule has 0 amide bonds. The molecule has 0 bridgehead atoms. The highest BCUT2D eigenvalue weighted by molar-refractivity contribution is 6.28. The molecule has 0 aliphatic heterocycles. The Labute approximate surface area is 185 Å². The first-order chi connectivity index (χ1) is 15.2. The molecule has 0 saturated carbocycles. The van der Waals surface area contributed by atoms with E-state index in [2.05, 4.69) is 15.1 Å². The van der Waals surface area contributed by atoms with Crippen LogP contribution in [0.25, 0.3) is 22.2 Å². The molecule has 11 heteroatoms. The molecule has 0 N–H and O–H groups in total. The van der Waals surface area contributed by atoms with Gasteiger partial charge in [-0.25, -0.2) is 4.98 Å². The van der Waals surface area contributed by atoms with Gasteiger partial charge in [0.2, 0.25) is 11.2 Å². The van der Waals surface area contributed by atoms with Crippen molar-refractivity contribution in [1.29, 1.82) is 0 Å². The second-order valence-electron chi connectivity index (χ2n) is 6.73. The van der Waals surface area contributed by atoms with Gasteiger partial charge in [0.05, 0.1) is 25.3 Å². The van der Waals surface area contributed by atoms with Gasteiger partial charge >= 0.3 is 6.18 Å². The predicted octanol–water partition coefficient (Wildman–Crippen LogP) is 5.74. The molecule has 4 rings (SSSR count). The summed E-state index contributed by atoms with van der Waals surface area (Å²) < 4.78 is 54.5. The number of benzene rings is 2. The van der Waals surface area contributed by atoms with Crippen LogP contribution in [0.2, 0.25) is 5.28 Å². The monoisotopic (exact) mass is 464 g/mol. The molecule has 0 spiro atoms. The quantitative estimate of drug-likeness (QED) is 0.348. The molecular formula is C21H16ClF3N4O3. The third-order valence-electron chi connectivity index (χ3n) is 4.81. The topological polar surface area (TPSA) is 73.5 Å². The van der Waals surface area contributed by atoms with Gasteiger partial charge < -0.3 is 14.0 Å². The molecule has 2 heterocycles. The average Bonchev–Trinajstić information content (AvgIpc) is 3.27. The largest absolute Gasteiger partial charge is 0.493 e. The van der Waals surface area contributed by atoms with Crippen LogP contribution in [-0.4, -0.2) is 36.4 Å². The first-order valence-electron chi connectivity index (χ1n) is 9.18. The van der Waals surface area contributed by atoms with E-state index in [0.29, 0.717) is 45.4 Å². The number of hydrogen-bond donors (Lipinski definition) is 0. The maximum absolute atomic E-state index is 12.8. The van der Waals surface area contributed by atoms with Gasteiger partial charge in [-0.05, 0) is 29.8 Å². The van der Waals surface area contributed by atoms with Gasteiger partial charge in [0.25, 0.3) is 0 Å². The molecule has 0 aliphatic rings. The van der Waals surface area contributed by atoms with Crippen molar-refractivity contribution in [2.45, 2.75) is 6.18 Å². The predicted molar refractivity (Wildman–Crippen MR) is 113 cm³/mol. The molecule has 0 saturated heterocycles. The summed E-state index contributed by atoms with van der Waals surface area (Å²) in [6.45, 7) is 0. The number of hydrogen-bond acceptors (Lipinski definition) is 7. The third kappa shape index (κ3) is 4.01. The van der Waals surface area contributed by atoms with Crippen molar-refractivity contribution < 1.29 is 27.2 Å². The van der Waals surface area contributed by atoms with Gasteiger partial charge in [-0.3, -0.25) is 4.90 Å². The summed E-state index contributed by atoms with van der Waals surface area (Å²) in [6.07, 6.45) is -4.41. The van der Waals surface area contributed by atoms with Crippen LogP contribution in [0.15, 0.2) is 47.0 Å². The lowest BCUT2D eigenvalue weighted by atomic mass is 10.1. The van der Waals surface area contributed by atoms with Crippen molar-refractivity contribution in [2.24, 2.45) is 0 Å². The second-order valence-corrected chi connectivity index (χ2v) is 7.06. The molecule has 166 valence electrons. The van der Waals surface area contributed by atoms with Crippen LogP contribution in [0.4, 0.5) is 24.9 Å². The highest BCUT2D eigenvalue weighted by Gasteiger charge is 2.30. The van der Waals surface area contributed by atoms with Crippen LogP contribution >= 0.6 is 11.6 Å². The van der Waals surface area contributed by atoms with Gasteiger partial charge in [-0.15, -0.1) is 0 Å². The number of anilines is 2. The lowest BCUT2D eigenvalue weighted by Crippen LogP contribution is -2.12. The zero-order chi connectivity index (χ0) is 23.0. The Kier molecular flexibility index (Phi) is 5.55. The summed E-state index contributed by atoms with van der Waals surface area (Å²) in [5.74, 6) is 1.66. The number of halogens is 4. The lowest BCUT2D eigenvalue weighted by Gasteiger charge is -2.17. The Hall–Kier alpha value is -3.53.